The van der Waals surface area contributed by atoms with E-state index in [2.05, 4.69) is 33.1 Å². The van der Waals surface area contributed by atoms with E-state index in [9.17, 15) is 0 Å². The first-order chi connectivity index (χ1) is 6.84. The maximum Gasteiger partial charge on any atom is 0.0629 e. The van der Waals surface area contributed by atoms with E-state index in [-0.39, 0.29) is 0 Å². The Bertz CT molecular complexity index is 318. The van der Waals surface area contributed by atoms with Gasteiger partial charge in [-0.25, -0.2) is 0 Å². The van der Waals surface area contributed by atoms with Crippen LogP contribution in [-0.4, -0.2) is 10.5 Å². The first kappa shape index (κ1) is 9.91. The molecule has 0 aliphatic heterocycles. The van der Waals surface area contributed by atoms with Crippen LogP contribution in [-0.2, 0) is 0 Å². The van der Waals surface area contributed by atoms with Gasteiger partial charge >= 0.3 is 0 Å². The molecule has 1 saturated carbocycles. The number of benzene rings is 1. The number of para-hydroxylation sites is 1. The molecule has 1 aromatic carbocycles. The molecule has 0 spiro atoms. The summed E-state index contributed by atoms with van der Waals surface area (Å²) < 4.78 is 0. The lowest BCUT2D eigenvalue weighted by molar-refractivity contribution is 0.689. The van der Waals surface area contributed by atoms with Crippen LogP contribution in [0.4, 0.5) is 5.69 Å². The minimum Gasteiger partial charge on any atom is -0.258 e. The fourth-order valence-electron chi connectivity index (χ4n) is 1.77. The van der Waals surface area contributed by atoms with Crippen LogP contribution in [0.2, 0.25) is 0 Å². The zero-order chi connectivity index (χ0) is 9.80. The van der Waals surface area contributed by atoms with Gasteiger partial charge in [-0.05, 0) is 37.8 Å². The molecule has 0 bridgehead atoms. The highest BCUT2D eigenvalue weighted by Gasteiger charge is 2.14. The van der Waals surface area contributed by atoms with Crippen LogP contribution in [0.15, 0.2) is 35.3 Å². The molecule has 74 valence electrons. The van der Waals surface area contributed by atoms with Gasteiger partial charge in [0.05, 0.1) is 5.69 Å². The van der Waals surface area contributed by atoms with Crippen molar-refractivity contribution in [1.82, 2.24) is 0 Å². The van der Waals surface area contributed by atoms with Gasteiger partial charge in [-0.1, -0.05) is 34.1 Å². The normalized spacial score (nSPS) is 25.2. The third-order valence-electron chi connectivity index (χ3n) is 2.48. The Morgan fingerprint density at radius 2 is 2.00 bits per heavy atom. The van der Waals surface area contributed by atoms with Crippen LogP contribution in [0.3, 0.4) is 0 Å². The molecule has 0 saturated heterocycles. The van der Waals surface area contributed by atoms with Gasteiger partial charge in [0.2, 0.25) is 0 Å². The maximum atomic E-state index is 4.66. The van der Waals surface area contributed by atoms with E-state index < -0.39 is 0 Å². The molecule has 1 atom stereocenters. The Hall–Kier alpha value is -0.630. The van der Waals surface area contributed by atoms with Crippen molar-refractivity contribution in [3.05, 3.63) is 30.3 Å². The number of aliphatic imine (C=N–C) groups is 1. The molecule has 0 aromatic heterocycles. The Labute approximate surface area is 93.4 Å². The van der Waals surface area contributed by atoms with E-state index in [1.54, 1.807) is 0 Å². The van der Waals surface area contributed by atoms with Crippen LogP contribution < -0.4 is 0 Å². The summed E-state index contributed by atoms with van der Waals surface area (Å²) in [6.45, 7) is 0. The van der Waals surface area contributed by atoms with Gasteiger partial charge in [-0.15, -0.1) is 0 Å². The standard InChI is InChI=1S/C12H14BrN/c13-10-5-4-8-12(9-10)14-11-6-2-1-3-7-11/h1-3,6-7,10H,4-5,8-9H2. The molecule has 1 fully saturated rings. The Morgan fingerprint density at radius 1 is 1.21 bits per heavy atom. The molecular formula is C12H14BrN. The van der Waals surface area contributed by atoms with Crippen molar-refractivity contribution < 1.29 is 0 Å². The molecule has 0 amide bonds. The molecule has 2 heteroatoms. The lowest BCUT2D eigenvalue weighted by Crippen LogP contribution is -2.14. The number of nitrogens with zero attached hydrogens (tertiary/aromatic N) is 1. The van der Waals surface area contributed by atoms with Gasteiger partial charge < -0.3 is 0 Å². The lowest BCUT2D eigenvalue weighted by atomic mass is 9.98. The Kier molecular flexibility index (Phi) is 3.35. The topological polar surface area (TPSA) is 12.4 Å². The van der Waals surface area contributed by atoms with Crippen LogP contribution in [0.5, 0.6) is 0 Å². The predicted molar refractivity (Wildman–Crippen MR) is 64.7 cm³/mol. The number of rotatable bonds is 1. The quantitative estimate of drug-likeness (QED) is 0.667. The third-order valence-corrected chi connectivity index (χ3v) is 3.26. The Balaban J connectivity index is 2.10. The summed E-state index contributed by atoms with van der Waals surface area (Å²) in [5, 5.41) is 0. The second-order valence-electron chi connectivity index (χ2n) is 3.71. The monoisotopic (exact) mass is 251 g/mol. The van der Waals surface area contributed by atoms with Crippen LogP contribution in [0, 0.1) is 0 Å². The zero-order valence-corrected chi connectivity index (χ0v) is 9.70. The fraction of sp³-hybridized carbons (Fsp3) is 0.417. The minimum atomic E-state index is 0.638. The summed E-state index contributed by atoms with van der Waals surface area (Å²) in [5.74, 6) is 0. The van der Waals surface area contributed by atoms with Crippen LogP contribution in [0.1, 0.15) is 25.7 Å². The average molecular weight is 252 g/mol. The first-order valence-electron chi connectivity index (χ1n) is 5.10. The number of halogens is 1. The summed E-state index contributed by atoms with van der Waals surface area (Å²) in [6, 6.07) is 10.2. The molecule has 1 aliphatic rings. The molecule has 0 heterocycles. The Morgan fingerprint density at radius 3 is 2.71 bits per heavy atom. The van der Waals surface area contributed by atoms with Crippen LogP contribution in [0.25, 0.3) is 0 Å². The van der Waals surface area contributed by atoms with E-state index >= 15 is 0 Å². The van der Waals surface area contributed by atoms with Crippen molar-refractivity contribution in [2.45, 2.75) is 30.5 Å². The second kappa shape index (κ2) is 4.74. The highest BCUT2D eigenvalue weighted by Crippen LogP contribution is 2.24. The van der Waals surface area contributed by atoms with E-state index in [0.29, 0.717) is 4.83 Å². The summed E-state index contributed by atoms with van der Waals surface area (Å²) in [5.41, 5.74) is 2.42. The van der Waals surface area contributed by atoms with Gasteiger partial charge in [0.1, 0.15) is 0 Å². The number of hydrogen-bond acceptors (Lipinski definition) is 1. The molecule has 1 unspecified atom stereocenters. The van der Waals surface area contributed by atoms with Gasteiger partial charge in [0.25, 0.3) is 0 Å². The summed E-state index contributed by atoms with van der Waals surface area (Å²) in [7, 11) is 0. The molecule has 0 radical (unpaired) electrons. The third kappa shape index (κ3) is 2.68. The van der Waals surface area contributed by atoms with Crippen molar-refractivity contribution >= 4 is 27.3 Å². The second-order valence-corrected chi connectivity index (χ2v) is 5.00. The maximum absolute atomic E-state index is 4.66. The first-order valence-corrected chi connectivity index (χ1v) is 6.02. The van der Waals surface area contributed by atoms with E-state index in [1.165, 1.54) is 18.6 Å². The smallest absolute Gasteiger partial charge is 0.0629 e. The molecule has 1 aliphatic carbocycles. The van der Waals surface area contributed by atoms with Crippen molar-refractivity contribution in [3.8, 4) is 0 Å². The van der Waals surface area contributed by atoms with Crippen molar-refractivity contribution in [2.75, 3.05) is 0 Å². The predicted octanol–water partition coefficient (Wildman–Crippen LogP) is 4.10. The summed E-state index contributed by atoms with van der Waals surface area (Å²) in [6.07, 6.45) is 4.82. The molecule has 14 heavy (non-hydrogen) atoms. The molecule has 1 nitrogen and oxygen atoms in total. The molecule has 1 aromatic rings. The van der Waals surface area contributed by atoms with Crippen molar-refractivity contribution in [2.24, 2.45) is 4.99 Å². The summed E-state index contributed by atoms with van der Waals surface area (Å²) >= 11 is 3.66. The zero-order valence-electron chi connectivity index (χ0n) is 8.12. The SMILES string of the molecule is BrC1CCCC(=Nc2ccccc2)C1. The largest absolute Gasteiger partial charge is 0.258 e. The van der Waals surface area contributed by atoms with Gasteiger partial charge in [-0.3, -0.25) is 4.99 Å². The van der Waals surface area contributed by atoms with Gasteiger partial charge in [0, 0.05) is 10.5 Å². The van der Waals surface area contributed by atoms with Crippen molar-refractivity contribution in [3.63, 3.8) is 0 Å². The van der Waals surface area contributed by atoms with E-state index in [1.807, 2.05) is 18.2 Å². The molecule has 2 rings (SSSR count). The van der Waals surface area contributed by atoms with Crippen LogP contribution >= 0.6 is 15.9 Å². The minimum absolute atomic E-state index is 0.638. The van der Waals surface area contributed by atoms with Crippen molar-refractivity contribution in [1.29, 1.82) is 0 Å². The molecule has 0 N–H and O–H groups in total. The average Bonchev–Trinajstić information content (AvgIpc) is 2.19. The van der Waals surface area contributed by atoms with E-state index in [4.69, 9.17) is 0 Å². The lowest BCUT2D eigenvalue weighted by Gasteiger charge is -2.17. The number of alkyl halides is 1. The number of hydrogen-bond donors (Lipinski definition) is 0. The highest BCUT2D eigenvalue weighted by atomic mass is 79.9. The fourth-order valence-corrected chi connectivity index (χ4v) is 2.47. The van der Waals surface area contributed by atoms with Gasteiger partial charge in [-0.2, -0.15) is 0 Å². The highest BCUT2D eigenvalue weighted by molar-refractivity contribution is 9.09. The van der Waals surface area contributed by atoms with Gasteiger partial charge in [0.15, 0.2) is 0 Å². The summed E-state index contributed by atoms with van der Waals surface area (Å²) in [4.78, 5) is 5.29. The van der Waals surface area contributed by atoms with E-state index in [0.717, 1.165) is 18.5 Å². The molecular weight excluding hydrogens is 238 g/mol.